The van der Waals surface area contributed by atoms with E-state index in [1.807, 2.05) is 19.9 Å². The Morgan fingerprint density at radius 3 is 2.45 bits per heavy atom. The summed E-state index contributed by atoms with van der Waals surface area (Å²) in [6.45, 7) is 3.73. The normalized spacial score (nSPS) is 11.0. The maximum atomic E-state index is 9.77. The van der Waals surface area contributed by atoms with Gasteiger partial charge in [0.15, 0.2) is 0 Å². The Labute approximate surface area is 126 Å². The summed E-state index contributed by atoms with van der Waals surface area (Å²) < 4.78 is 0. The Morgan fingerprint density at radius 2 is 1.80 bits per heavy atom. The van der Waals surface area contributed by atoms with Crippen LogP contribution in [0.15, 0.2) is 23.3 Å². The van der Waals surface area contributed by atoms with Gasteiger partial charge in [-0.15, -0.1) is 0 Å². The van der Waals surface area contributed by atoms with Crippen LogP contribution < -0.4 is 5.43 Å². The molecule has 1 heterocycles. The highest BCUT2D eigenvalue weighted by Gasteiger charge is 2.06. The predicted octanol–water partition coefficient (Wildman–Crippen LogP) is 3.55. The number of halogens is 2. The highest BCUT2D eigenvalue weighted by molar-refractivity contribution is 6.36. The topological polar surface area (TPSA) is 70.4 Å². The molecule has 0 radical (unpaired) electrons. The van der Waals surface area contributed by atoms with Crippen molar-refractivity contribution in [2.45, 2.75) is 13.8 Å². The summed E-state index contributed by atoms with van der Waals surface area (Å²) >= 11 is 11.7. The van der Waals surface area contributed by atoms with Crippen LogP contribution in [0.5, 0.6) is 5.75 Å². The monoisotopic (exact) mass is 310 g/mol. The third-order valence-electron chi connectivity index (χ3n) is 2.41. The number of nitrogens with zero attached hydrogens (tertiary/aromatic N) is 3. The summed E-state index contributed by atoms with van der Waals surface area (Å²) in [6.07, 6.45) is 1.40. The highest BCUT2D eigenvalue weighted by atomic mass is 35.5. The molecule has 1 aromatic heterocycles. The van der Waals surface area contributed by atoms with Crippen molar-refractivity contribution < 1.29 is 5.11 Å². The second-order valence-corrected chi connectivity index (χ2v) is 5.01. The molecular formula is C13H12Cl2N4O. The Balaban J connectivity index is 2.18. The number of aryl methyl sites for hydroxylation is 2. The van der Waals surface area contributed by atoms with Gasteiger partial charge in [-0.3, -0.25) is 0 Å². The van der Waals surface area contributed by atoms with Gasteiger partial charge in [0.25, 0.3) is 0 Å². The van der Waals surface area contributed by atoms with E-state index in [4.69, 9.17) is 23.2 Å². The first-order valence-corrected chi connectivity index (χ1v) is 6.50. The summed E-state index contributed by atoms with van der Waals surface area (Å²) in [6, 6.07) is 4.87. The summed E-state index contributed by atoms with van der Waals surface area (Å²) in [5.41, 5.74) is 4.77. The number of hydrogen-bond donors (Lipinski definition) is 2. The Morgan fingerprint density at radius 1 is 1.15 bits per heavy atom. The summed E-state index contributed by atoms with van der Waals surface area (Å²) in [4.78, 5) is 8.34. The van der Waals surface area contributed by atoms with Gasteiger partial charge >= 0.3 is 0 Å². The highest BCUT2D eigenvalue weighted by Crippen LogP contribution is 2.29. The number of hydrazone groups is 1. The van der Waals surface area contributed by atoms with Crippen LogP contribution in [0.2, 0.25) is 10.0 Å². The maximum Gasteiger partial charge on any atom is 0.243 e. The summed E-state index contributed by atoms with van der Waals surface area (Å²) in [5, 5.41) is 14.3. The zero-order chi connectivity index (χ0) is 14.7. The second-order valence-electron chi connectivity index (χ2n) is 4.17. The number of aromatic hydroxyl groups is 1. The first kappa shape index (κ1) is 14.6. The van der Waals surface area contributed by atoms with Crippen molar-refractivity contribution in [3.63, 3.8) is 0 Å². The largest absolute Gasteiger partial charge is 0.506 e. The number of aromatic nitrogens is 2. The number of rotatable bonds is 3. The quantitative estimate of drug-likeness (QED) is 0.672. The third-order valence-corrected chi connectivity index (χ3v) is 2.91. The second kappa shape index (κ2) is 6.07. The molecule has 0 aliphatic rings. The lowest BCUT2D eigenvalue weighted by molar-refractivity contribution is 0.475. The smallest absolute Gasteiger partial charge is 0.243 e. The minimum atomic E-state index is -0.0806. The first-order valence-electron chi connectivity index (χ1n) is 5.75. The van der Waals surface area contributed by atoms with Crippen molar-refractivity contribution >= 4 is 35.4 Å². The molecule has 5 nitrogen and oxygen atoms in total. The molecule has 1 aromatic carbocycles. The van der Waals surface area contributed by atoms with Crippen LogP contribution in [0, 0.1) is 13.8 Å². The number of anilines is 1. The van der Waals surface area contributed by atoms with E-state index in [9.17, 15) is 5.11 Å². The van der Waals surface area contributed by atoms with E-state index in [0.29, 0.717) is 16.5 Å². The molecule has 0 aliphatic heterocycles. The lowest BCUT2D eigenvalue weighted by atomic mass is 10.2. The van der Waals surface area contributed by atoms with Crippen molar-refractivity contribution in [3.05, 3.63) is 45.2 Å². The fraction of sp³-hybridized carbons (Fsp3) is 0.154. The van der Waals surface area contributed by atoms with E-state index in [0.717, 1.165) is 11.4 Å². The average Bonchev–Trinajstić information content (AvgIpc) is 2.34. The Kier molecular flexibility index (Phi) is 4.42. The van der Waals surface area contributed by atoms with Gasteiger partial charge in [0.05, 0.1) is 11.2 Å². The molecule has 0 fully saturated rings. The third kappa shape index (κ3) is 3.59. The Hall–Kier alpha value is -1.85. The number of benzene rings is 1. The molecule has 0 aliphatic carbocycles. The fourth-order valence-electron chi connectivity index (χ4n) is 1.62. The molecule has 0 saturated carbocycles. The average molecular weight is 311 g/mol. The number of phenolic OH excluding ortho intramolecular Hbond substituents is 1. The van der Waals surface area contributed by atoms with Crippen molar-refractivity contribution in [2.75, 3.05) is 5.43 Å². The fourth-order valence-corrected chi connectivity index (χ4v) is 2.13. The minimum Gasteiger partial charge on any atom is -0.506 e. The standard InChI is InChI=1S/C13H12Cl2N4O/c1-7-3-8(2)18-13(17-7)19-16-6-9-4-10(14)5-11(15)12(9)20/h3-6,20H,1-2H3,(H,17,18,19)/b16-6+. The molecule has 2 rings (SSSR count). The summed E-state index contributed by atoms with van der Waals surface area (Å²) in [7, 11) is 0. The van der Waals surface area contributed by atoms with E-state index in [1.165, 1.54) is 12.3 Å². The van der Waals surface area contributed by atoms with Crippen LogP contribution in [0.1, 0.15) is 17.0 Å². The number of phenols is 1. The van der Waals surface area contributed by atoms with Crippen LogP contribution in [0.4, 0.5) is 5.95 Å². The molecule has 0 saturated heterocycles. The molecule has 7 heteroatoms. The summed E-state index contributed by atoms with van der Waals surface area (Å²) in [5.74, 6) is 0.300. The molecular weight excluding hydrogens is 299 g/mol. The van der Waals surface area contributed by atoms with Gasteiger partial charge in [-0.25, -0.2) is 15.4 Å². The molecule has 0 unspecified atom stereocenters. The van der Waals surface area contributed by atoms with Crippen LogP contribution in [0.25, 0.3) is 0 Å². The first-order chi connectivity index (χ1) is 9.45. The van der Waals surface area contributed by atoms with Gasteiger partial charge in [-0.1, -0.05) is 23.2 Å². The zero-order valence-corrected chi connectivity index (χ0v) is 12.4. The van der Waals surface area contributed by atoms with Gasteiger partial charge in [0.1, 0.15) is 5.75 Å². The Bertz CT molecular complexity index is 653. The van der Waals surface area contributed by atoms with Crippen molar-refractivity contribution in [3.8, 4) is 5.75 Å². The SMILES string of the molecule is Cc1cc(C)nc(N/N=C/c2cc(Cl)cc(Cl)c2O)n1. The molecule has 20 heavy (non-hydrogen) atoms. The number of hydrogen-bond acceptors (Lipinski definition) is 5. The lowest BCUT2D eigenvalue weighted by Gasteiger charge is -2.03. The zero-order valence-electron chi connectivity index (χ0n) is 10.9. The molecule has 0 amide bonds. The molecule has 104 valence electrons. The van der Waals surface area contributed by atoms with Crippen LogP contribution >= 0.6 is 23.2 Å². The van der Waals surface area contributed by atoms with Crippen molar-refractivity contribution in [2.24, 2.45) is 5.10 Å². The van der Waals surface area contributed by atoms with Gasteiger partial charge in [-0.2, -0.15) is 5.10 Å². The van der Waals surface area contributed by atoms with E-state index in [2.05, 4.69) is 20.5 Å². The number of nitrogens with one attached hydrogen (secondary N) is 1. The molecule has 2 aromatic rings. The minimum absolute atomic E-state index is 0.0806. The van der Waals surface area contributed by atoms with Gasteiger partial charge in [0, 0.05) is 22.0 Å². The van der Waals surface area contributed by atoms with Gasteiger partial charge in [-0.05, 0) is 32.0 Å². The van der Waals surface area contributed by atoms with E-state index in [-0.39, 0.29) is 10.8 Å². The van der Waals surface area contributed by atoms with Crippen LogP contribution in [-0.4, -0.2) is 21.3 Å². The van der Waals surface area contributed by atoms with Crippen molar-refractivity contribution in [1.82, 2.24) is 9.97 Å². The van der Waals surface area contributed by atoms with Crippen LogP contribution in [0.3, 0.4) is 0 Å². The van der Waals surface area contributed by atoms with E-state index >= 15 is 0 Å². The predicted molar refractivity (Wildman–Crippen MR) is 80.8 cm³/mol. The van der Waals surface area contributed by atoms with Gasteiger partial charge in [0.2, 0.25) is 5.95 Å². The van der Waals surface area contributed by atoms with E-state index < -0.39 is 0 Å². The molecule has 0 atom stereocenters. The van der Waals surface area contributed by atoms with E-state index in [1.54, 1.807) is 6.07 Å². The molecule has 2 N–H and O–H groups in total. The lowest BCUT2D eigenvalue weighted by Crippen LogP contribution is -1.99. The molecule has 0 bridgehead atoms. The maximum absolute atomic E-state index is 9.77. The van der Waals surface area contributed by atoms with Gasteiger partial charge < -0.3 is 5.11 Å². The van der Waals surface area contributed by atoms with Crippen LogP contribution in [-0.2, 0) is 0 Å². The van der Waals surface area contributed by atoms with Crippen molar-refractivity contribution in [1.29, 1.82) is 0 Å². The molecule has 0 spiro atoms.